The molecular formula is C19H17N3O. The Morgan fingerprint density at radius 2 is 1.91 bits per heavy atom. The standard InChI is InChI=1S/C19H17N3O/c1-3-23-18-9-7-15(8-10-18)19-12-16(13-20)21-22(19)17-6-4-5-14(2)11-17/h4-12H,3H2,1-2H3. The van der Waals surface area contributed by atoms with Crippen LogP contribution in [-0.2, 0) is 0 Å². The summed E-state index contributed by atoms with van der Waals surface area (Å²) in [6.45, 7) is 4.63. The average Bonchev–Trinajstić information content (AvgIpc) is 3.00. The van der Waals surface area contributed by atoms with Gasteiger partial charge in [0.2, 0.25) is 0 Å². The molecule has 0 spiro atoms. The molecule has 3 rings (SSSR count). The lowest BCUT2D eigenvalue weighted by molar-refractivity contribution is 0.340. The molecule has 0 saturated heterocycles. The zero-order chi connectivity index (χ0) is 16.2. The Balaban J connectivity index is 2.08. The van der Waals surface area contributed by atoms with Crippen molar-refractivity contribution in [2.45, 2.75) is 13.8 Å². The highest BCUT2D eigenvalue weighted by atomic mass is 16.5. The lowest BCUT2D eigenvalue weighted by Crippen LogP contribution is -1.99. The Morgan fingerprint density at radius 1 is 1.13 bits per heavy atom. The van der Waals surface area contributed by atoms with E-state index in [1.54, 1.807) is 10.7 Å². The first kappa shape index (κ1) is 14.9. The smallest absolute Gasteiger partial charge is 0.163 e. The first-order chi connectivity index (χ1) is 11.2. The molecule has 4 nitrogen and oxygen atoms in total. The summed E-state index contributed by atoms with van der Waals surface area (Å²) < 4.78 is 7.29. The molecule has 0 fully saturated rings. The molecule has 23 heavy (non-hydrogen) atoms. The van der Waals surface area contributed by atoms with E-state index >= 15 is 0 Å². The first-order valence-corrected chi connectivity index (χ1v) is 7.51. The number of aryl methyl sites for hydroxylation is 1. The largest absolute Gasteiger partial charge is 0.494 e. The van der Waals surface area contributed by atoms with Crippen LogP contribution in [0.15, 0.2) is 54.6 Å². The van der Waals surface area contributed by atoms with Crippen LogP contribution in [0.4, 0.5) is 0 Å². The van der Waals surface area contributed by atoms with Gasteiger partial charge in [-0.05, 0) is 55.8 Å². The summed E-state index contributed by atoms with van der Waals surface area (Å²) >= 11 is 0. The van der Waals surface area contributed by atoms with Crippen molar-refractivity contribution in [3.05, 3.63) is 65.9 Å². The van der Waals surface area contributed by atoms with Gasteiger partial charge in [0.25, 0.3) is 0 Å². The van der Waals surface area contributed by atoms with E-state index < -0.39 is 0 Å². The van der Waals surface area contributed by atoms with E-state index in [1.807, 2.05) is 62.4 Å². The maximum Gasteiger partial charge on any atom is 0.163 e. The Kier molecular flexibility index (Phi) is 4.11. The number of aromatic nitrogens is 2. The predicted molar refractivity (Wildman–Crippen MR) is 89.6 cm³/mol. The van der Waals surface area contributed by atoms with Crippen LogP contribution in [0.2, 0.25) is 0 Å². The first-order valence-electron chi connectivity index (χ1n) is 7.51. The second-order valence-electron chi connectivity index (χ2n) is 5.23. The summed E-state index contributed by atoms with van der Waals surface area (Å²) in [5, 5.41) is 13.6. The molecular weight excluding hydrogens is 286 g/mol. The van der Waals surface area contributed by atoms with Crippen molar-refractivity contribution in [3.63, 3.8) is 0 Å². The topological polar surface area (TPSA) is 50.8 Å². The van der Waals surface area contributed by atoms with Crippen LogP contribution in [0.5, 0.6) is 5.75 Å². The van der Waals surface area contributed by atoms with E-state index in [0.29, 0.717) is 12.3 Å². The maximum absolute atomic E-state index is 9.19. The Hall–Kier alpha value is -3.06. The molecule has 114 valence electrons. The Bertz CT molecular complexity index is 857. The molecule has 0 radical (unpaired) electrons. The van der Waals surface area contributed by atoms with Gasteiger partial charge < -0.3 is 4.74 Å². The van der Waals surface area contributed by atoms with Gasteiger partial charge in [0.15, 0.2) is 5.69 Å². The highest BCUT2D eigenvalue weighted by molar-refractivity contribution is 5.64. The SMILES string of the molecule is CCOc1ccc(-c2cc(C#N)nn2-c2cccc(C)c2)cc1. The van der Waals surface area contributed by atoms with Crippen molar-refractivity contribution in [1.29, 1.82) is 5.26 Å². The third-order valence-corrected chi connectivity index (χ3v) is 3.53. The number of benzene rings is 2. The molecule has 1 heterocycles. The lowest BCUT2D eigenvalue weighted by Gasteiger charge is -2.09. The summed E-state index contributed by atoms with van der Waals surface area (Å²) in [6.07, 6.45) is 0. The molecule has 0 aliphatic rings. The fourth-order valence-electron chi connectivity index (χ4n) is 2.49. The zero-order valence-corrected chi connectivity index (χ0v) is 13.2. The molecule has 1 aromatic heterocycles. The monoisotopic (exact) mass is 303 g/mol. The normalized spacial score (nSPS) is 10.3. The van der Waals surface area contributed by atoms with Crippen molar-refractivity contribution < 1.29 is 4.74 Å². The van der Waals surface area contributed by atoms with Gasteiger partial charge in [-0.1, -0.05) is 12.1 Å². The van der Waals surface area contributed by atoms with Gasteiger partial charge in [0.1, 0.15) is 11.8 Å². The van der Waals surface area contributed by atoms with Crippen molar-refractivity contribution in [2.24, 2.45) is 0 Å². The summed E-state index contributed by atoms with van der Waals surface area (Å²) in [7, 11) is 0. The predicted octanol–water partition coefficient (Wildman–Crippen LogP) is 4.12. The Morgan fingerprint density at radius 3 is 2.57 bits per heavy atom. The highest BCUT2D eigenvalue weighted by Gasteiger charge is 2.12. The molecule has 0 atom stereocenters. The number of nitrogens with zero attached hydrogens (tertiary/aromatic N) is 3. The fraction of sp³-hybridized carbons (Fsp3) is 0.158. The zero-order valence-electron chi connectivity index (χ0n) is 13.2. The molecule has 2 aromatic carbocycles. The fourth-order valence-corrected chi connectivity index (χ4v) is 2.49. The van der Waals surface area contributed by atoms with Gasteiger partial charge in [-0.2, -0.15) is 10.4 Å². The van der Waals surface area contributed by atoms with Gasteiger partial charge in [0.05, 0.1) is 18.0 Å². The van der Waals surface area contributed by atoms with Crippen LogP contribution in [0, 0.1) is 18.3 Å². The summed E-state index contributed by atoms with van der Waals surface area (Å²) in [6, 6.07) is 19.8. The molecule has 0 aliphatic heterocycles. The molecule has 0 saturated carbocycles. The molecule has 4 heteroatoms. The van der Waals surface area contributed by atoms with Gasteiger partial charge in [-0.25, -0.2) is 4.68 Å². The molecule has 0 aliphatic carbocycles. The number of hydrogen-bond donors (Lipinski definition) is 0. The van der Waals surface area contributed by atoms with E-state index in [0.717, 1.165) is 28.3 Å². The van der Waals surface area contributed by atoms with Crippen LogP contribution in [-0.4, -0.2) is 16.4 Å². The molecule has 0 unspecified atom stereocenters. The summed E-state index contributed by atoms with van der Waals surface area (Å²) in [4.78, 5) is 0. The molecule has 0 amide bonds. The van der Waals surface area contributed by atoms with Crippen LogP contribution < -0.4 is 4.74 Å². The van der Waals surface area contributed by atoms with Crippen LogP contribution in [0.3, 0.4) is 0 Å². The number of rotatable bonds is 4. The van der Waals surface area contributed by atoms with E-state index in [1.165, 1.54) is 0 Å². The van der Waals surface area contributed by atoms with Gasteiger partial charge in [-0.15, -0.1) is 0 Å². The van der Waals surface area contributed by atoms with E-state index in [-0.39, 0.29) is 0 Å². The summed E-state index contributed by atoms with van der Waals surface area (Å²) in [5.41, 5.74) is 4.36. The summed E-state index contributed by atoms with van der Waals surface area (Å²) in [5.74, 6) is 0.832. The number of hydrogen-bond acceptors (Lipinski definition) is 3. The van der Waals surface area contributed by atoms with Gasteiger partial charge in [-0.3, -0.25) is 0 Å². The van der Waals surface area contributed by atoms with Crippen LogP contribution >= 0.6 is 0 Å². The number of ether oxygens (including phenoxy) is 1. The quantitative estimate of drug-likeness (QED) is 0.728. The minimum Gasteiger partial charge on any atom is -0.494 e. The van der Waals surface area contributed by atoms with Gasteiger partial charge in [0, 0.05) is 11.6 Å². The Labute approximate surface area is 135 Å². The second-order valence-corrected chi connectivity index (χ2v) is 5.23. The third-order valence-electron chi connectivity index (χ3n) is 3.53. The molecule has 3 aromatic rings. The van der Waals surface area contributed by atoms with Crippen molar-refractivity contribution in [2.75, 3.05) is 6.61 Å². The van der Waals surface area contributed by atoms with Crippen molar-refractivity contribution in [1.82, 2.24) is 9.78 Å². The van der Waals surface area contributed by atoms with Crippen molar-refractivity contribution in [3.8, 4) is 28.8 Å². The lowest BCUT2D eigenvalue weighted by atomic mass is 10.1. The minimum absolute atomic E-state index is 0.399. The van der Waals surface area contributed by atoms with Crippen LogP contribution in [0.1, 0.15) is 18.2 Å². The second kappa shape index (κ2) is 6.37. The van der Waals surface area contributed by atoms with Crippen molar-refractivity contribution >= 4 is 0 Å². The number of nitriles is 1. The average molecular weight is 303 g/mol. The molecule has 0 bridgehead atoms. The third kappa shape index (κ3) is 3.09. The maximum atomic E-state index is 9.19. The van der Waals surface area contributed by atoms with Gasteiger partial charge >= 0.3 is 0 Å². The highest BCUT2D eigenvalue weighted by Crippen LogP contribution is 2.26. The van der Waals surface area contributed by atoms with E-state index in [2.05, 4.69) is 11.2 Å². The molecule has 0 N–H and O–H groups in total. The van der Waals surface area contributed by atoms with Crippen LogP contribution in [0.25, 0.3) is 16.9 Å². The van der Waals surface area contributed by atoms with E-state index in [4.69, 9.17) is 4.74 Å². The minimum atomic E-state index is 0.399. The van der Waals surface area contributed by atoms with E-state index in [9.17, 15) is 5.26 Å².